The van der Waals surface area contributed by atoms with Crippen molar-refractivity contribution in [1.29, 1.82) is 0 Å². The molecule has 0 spiro atoms. The fourth-order valence-corrected chi connectivity index (χ4v) is 3.59. The van der Waals surface area contributed by atoms with E-state index in [2.05, 4.69) is 21.9 Å². The Morgan fingerprint density at radius 1 is 1.15 bits per heavy atom. The van der Waals surface area contributed by atoms with E-state index in [-0.39, 0.29) is 0 Å². The van der Waals surface area contributed by atoms with Gasteiger partial charge >= 0.3 is 0 Å². The first-order chi connectivity index (χ1) is 12.6. The average molecular weight is 368 g/mol. The number of hydrogen-bond donors (Lipinski definition) is 0. The molecule has 26 heavy (non-hydrogen) atoms. The summed E-state index contributed by atoms with van der Waals surface area (Å²) in [6, 6.07) is 9.60. The average Bonchev–Trinajstić information content (AvgIpc) is 3.04. The molecule has 134 valence electrons. The first kappa shape index (κ1) is 17.0. The molecule has 3 aromatic rings. The van der Waals surface area contributed by atoms with Crippen molar-refractivity contribution in [3.63, 3.8) is 0 Å². The highest BCUT2D eigenvalue weighted by Crippen LogP contribution is 2.26. The van der Waals surface area contributed by atoms with Gasteiger partial charge in [-0.1, -0.05) is 18.5 Å². The topological polar surface area (TPSA) is 46.8 Å². The summed E-state index contributed by atoms with van der Waals surface area (Å²) in [5, 5.41) is 5.36. The molecule has 1 aliphatic rings. The van der Waals surface area contributed by atoms with Gasteiger partial charge in [0.15, 0.2) is 0 Å². The molecular formula is C20H22ClN5. The highest BCUT2D eigenvalue weighted by Gasteiger charge is 2.19. The fourth-order valence-electron chi connectivity index (χ4n) is 3.46. The monoisotopic (exact) mass is 367 g/mol. The zero-order valence-corrected chi connectivity index (χ0v) is 15.8. The Bertz CT molecular complexity index is 903. The van der Waals surface area contributed by atoms with Gasteiger partial charge in [0.2, 0.25) is 5.95 Å². The van der Waals surface area contributed by atoms with E-state index in [4.69, 9.17) is 16.6 Å². The van der Waals surface area contributed by atoms with Crippen molar-refractivity contribution in [3.8, 4) is 16.9 Å². The van der Waals surface area contributed by atoms with Crippen LogP contribution < -0.4 is 4.90 Å². The molecule has 4 rings (SSSR count). The highest BCUT2D eigenvalue weighted by molar-refractivity contribution is 6.30. The molecule has 1 saturated heterocycles. The van der Waals surface area contributed by atoms with E-state index in [1.807, 2.05) is 54.3 Å². The van der Waals surface area contributed by atoms with Crippen molar-refractivity contribution in [3.05, 3.63) is 53.4 Å². The second-order valence-electron chi connectivity index (χ2n) is 6.98. The molecule has 0 aliphatic carbocycles. The van der Waals surface area contributed by atoms with Gasteiger partial charge in [-0.15, -0.1) is 0 Å². The summed E-state index contributed by atoms with van der Waals surface area (Å²) in [5.74, 6) is 1.50. The number of nitrogens with zero attached hydrogens (tertiary/aromatic N) is 5. The maximum Gasteiger partial charge on any atom is 0.225 e. The SMILES string of the molecule is Cc1nn(-c2ccc(Cl)cc2)cc1-c1ccnc(N2CCCC(C)C2)n1. The smallest absolute Gasteiger partial charge is 0.225 e. The van der Waals surface area contributed by atoms with Crippen molar-refractivity contribution >= 4 is 17.5 Å². The van der Waals surface area contributed by atoms with Crippen LogP contribution in [0.2, 0.25) is 5.02 Å². The van der Waals surface area contributed by atoms with Crippen molar-refractivity contribution in [2.75, 3.05) is 18.0 Å². The lowest BCUT2D eigenvalue weighted by Gasteiger charge is -2.30. The minimum Gasteiger partial charge on any atom is -0.341 e. The lowest BCUT2D eigenvalue weighted by atomic mass is 10.0. The Balaban J connectivity index is 1.65. The second-order valence-corrected chi connectivity index (χ2v) is 7.42. The van der Waals surface area contributed by atoms with Crippen LogP contribution in [0, 0.1) is 12.8 Å². The summed E-state index contributed by atoms with van der Waals surface area (Å²) in [4.78, 5) is 11.6. The van der Waals surface area contributed by atoms with E-state index in [0.717, 1.165) is 41.7 Å². The number of piperidine rings is 1. The normalized spacial score (nSPS) is 17.5. The molecule has 0 amide bonds. The van der Waals surface area contributed by atoms with Crippen LogP contribution in [0.3, 0.4) is 0 Å². The quantitative estimate of drug-likeness (QED) is 0.682. The third kappa shape index (κ3) is 3.44. The van der Waals surface area contributed by atoms with E-state index in [0.29, 0.717) is 10.9 Å². The minimum absolute atomic E-state index is 0.686. The van der Waals surface area contributed by atoms with Crippen LogP contribution in [0.1, 0.15) is 25.5 Å². The fraction of sp³-hybridized carbons (Fsp3) is 0.350. The van der Waals surface area contributed by atoms with Gasteiger partial charge in [0.1, 0.15) is 0 Å². The van der Waals surface area contributed by atoms with Crippen LogP contribution in [0.25, 0.3) is 16.9 Å². The van der Waals surface area contributed by atoms with Gasteiger partial charge in [-0.25, -0.2) is 14.6 Å². The van der Waals surface area contributed by atoms with Crippen LogP contribution in [-0.4, -0.2) is 32.8 Å². The van der Waals surface area contributed by atoms with Crippen molar-refractivity contribution in [2.45, 2.75) is 26.7 Å². The van der Waals surface area contributed by atoms with E-state index in [1.165, 1.54) is 12.8 Å². The number of aryl methyl sites for hydroxylation is 1. The van der Waals surface area contributed by atoms with Gasteiger partial charge in [0, 0.05) is 36.1 Å². The number of aromatic nitrogens is 4. The molecule has 3 heterocycles. The van der Waals surface area contributed by atoms with E-state index in [9.17, 15) is 0 Å². The van der Waals surface area contributed by atoms with Crippen molar-refractivity contribution in [2.24, 2.45) is 5.92 Å². The predicted octanol–water partition coefficient (Wildman–Crippen LogP) is 4.53. The van der Waals surface area contributed by atoms with Crippen LogP contribution in [0.4, 0.5) is 5.95 Å². The largest absolute Gasteiger partial charge is 0.341 e. The number of rotatable bonds is 3. The van der Waals surface area contributed by atoms with Gasteiger partial charge in [-0.2, -0.15) is 5.10 Å². The molecule has 0 bridgehead atoms. The van der Waals surface area contributed by atoms with Gasteiger partial charge in [0.25, 0.3) is 0 Å². The maximum atomic E-state index is 5.98. The zero-order chi connectivity index (χ0) is 18.1. The molecule has 1 fully saturated rings. The van der Waals surface area contributed by atoms with Gasteiger partial charge in [-0.05, 0) is 56.0 Å². The molecule has 1 aliphatic heterocycles. The molecule has 1 unspecified atom stereocenters. The third-order valence-corrected chi connectivity index (χ3v) is 5.10. The summed E-state index contributed by atoms with van der Waals surface area (Å²) >= 11 is 5.98. The molecule has 5 nitrogen and oxygen atoms in total. The van der Waals surface area contributed by atoms with Gasteiger partial charge in [0.05, 0.1) is 17.1 Å². The number of benzene rings is 1. The first-order valence-corrected chi connectivity index (χ1v) is 9.38. The molecular weight excluding hydrogens is 346 g/mol. The van der Waals surface area contributed by atoms with Crippen molar-refractivity contribution < 1.29 is 0 Å². The van der Waals surface area contributed by atoms with Crippen LogP contribution in [-0.2, 0) is 0 Å². The molecule has 0 N–H and O–H groups in total. The molecule has 1 aromatic carbocycles. The molecule has 6 heteroatoms. The Morgan fingerprint density at radius 3 is 2.73 bits per heavy atom. The summed E-state index contributed by atoms with van der Waals surface area (Å²) in [7, 11) is 0. The predicted molar refractivity (Wildman–Crippen MR) is 105 cm³/mol. The van der Waals surface area contributed by atoms with Crippen molar-refractivity contribution in [1.82, 2.24) is 19.7 Å². The highest BCUT2D eigenvalue weighted by atomic mass is 35.5. The minimum atomic E-state index is 0.686. The lowest BCUT2D eigenvalue weighted by molar-refractivity contribution is 0.442. The number of hydrogen-bond acceptors (Lipinski definition) is 4. The molecule has 1 atom stereocenters. The Hall–Kier alpha value is -2.40. The first-order valence-electron chi connectivity index (χ1n) is 9.01. The second kappa shape index (κ2) is 7.08. The Kier molecular flexibility index (Phi) is 4.64. The van der Waals surface area contributed by atoms with Crippen LogP contribution in [0.15, 0.2) is 42.7 Å². The summed E-state index contributed by atoms with van der Waals surface area (Å²) in [6.07, 6.45) is 6.34. The lowest BCUT2D eigenvalue weighted by Crippen LogP contribution is -2.35. The summed E-state index contributed by atoms with van der Waals surface area (Å²) < 4.78 is 1.87. The van der Waals surface area contributed by atoms with Gasteiger partial charge in [-0.3, -0.25) is 0 Å². The molecule has 2 aromatic heterocycles. The third-order valence-electron chi connectivity index (χ3n) is 4.85. The number of anilines is 1. The molecule has 0 radical (unpaired) electrons. The van der Waals surface area contributed by atoms with E-state index in [1.54, 1.807) is 0 Å². The van der Waals surface area contributed by atoms with Crippen LogP contribution in [0.5, 0.6) is 0 Å². The Morgan fingerprint density at radius 2 is 1.96 bits per heavy atom. The maximum absolute atomic E-state index is 5.98. The summed E-state index contributed by atoms with van der Waals surface area (Å²) in [5.41, 5.74) is 3.85. The van der Waals surface area contributed by atoms with E-state index < -0.39 is 0 Å². The molecule has 0 saturated carbocycles. The summed E-state index contributed by atoms with van der Waals surface area (Å²) in [6.45, 7) is 6.34. The van der Waals surface area contributed by atoms with Crippen LogP contribution >= 0.6 is 11.6 Å². The Labute approximate surface area is 158 Å². The van der Waals surface area contributed by atoms with E-state index >= 15 is 0 Å². The zero-order valence-electron chi connectivity index (χ0n) is 15.1. The number of halogens is 1. The standard InChI is InChI=1S/C20H22ClN5/c1-14-4-3-11-25(12-14)20-22-10-9-19(23-20)18-13-26(24-15(18)2)17-7-5-16(21)6-8-17/h5-10,13-14H,3-4,11-12H2,1-2H3. The van der Waals surface area contributed by atoms with Gasteiger partial charge < -0.3 is 4.90 Å².